The molecule has 0 bridgehead atoms. The minimum Gasteiger partial charge on any atom is -0.481 e. The van der Waals surface area contributed by atoms with Crippen LogP contribution in [0.25, 0.3) is 0 Å². The van der Waals surface area contributed by atoms with Crippen molar-refractivity contribution in [2.75, 3.05) is 5.73 Å². The summed E-state index contributed by atoms with van der Waals surface area (Å²) in [6.07, 6.45) is -1.00. The highest BCUT2D eigenvalue weighted by Gasteiger charge is 2.16. The van der Waals surface area contributed by atoms with E-state index in [9.17, 15) is 9.90 Å². The second-order valence-corrected chi connectivity index (χ2v) is 4.30. The van der Waals surface area contributed by atoms with Gasteiger partial charge in [-0.1, -0.05) is 48.5 Å². The Balaban J connectivity index is 0.00000200. The summed E-state index contributed by atoms with van der Waals surface area (Å²) in [6.45, 7) is 0. The number of nitrogen functional groups attached to an aromatic ring is 1. The fourth-order valence-corrected chi connectivity index (χ4v) is 2.00. The van der Waals surface area contributed by atoms with Gasteiger partial charge in [0.25, 0.3) is 0 Å². The molecule has 20 heavy (non-hydrogen) atoms. The number of anilines is 1. The zero-order valence-corrected chi connectivity index (χ0v) is 10.8. The molecule has 0 spiro atoms. The maximum Gasteiger partial charge on any atom is 0.307 e. The van der Waals surface area contributed by atoms with Gasteiger partial charge < -0.3 is 21.4 Å². The van der Waals surface area contributed by atoms with E-state index in [0.717, 1.165) is 5.56 Å². The minimum atomic E-state index is -0.946. The van der Waals surface area contributed by atoms with Gasteiger partial charge in [-0.3, -0.25) is 4.79 Å². The van der Waals surface area contributed by atoms with E-state index in [0.29, 0.717) is 16.8 Å². The summed E-state index contributed by atoms with van der Waals surface area (Å²) in [7, 11) is 0. The van der Waals surface area contributed by atoms with Crippen molar-refractivity contribution in [1.82, 2.24) is 0 Å². The molecule has 0 aliphatic carbocycles. The van der Waals surface area contributed by atoms with Crippen LogP contribution in [0.15, 0.2) is 48.5 Å². The standard InChI is InChI=1S/C15H15NO3.H2O/c16-14-11(9-13(17)18)7-4-8-12(14)15(19)10-5-2-1-3-6-10;/h1-8,15,19H,9,16H2,(H,17,18);1H2. The van der Waals surface area contributed by atoms with E-state index in [4.69, 9.17) is 10.8 Å². The van der Waals surface area contributed by atoms with Crippen molar-refractivity contribution in [2.45, 2.75) is 12.5 Å². The molecule has 0 fully saturated rings. The van der Waals surface area contributed by atoms with Crippen LogP contribution in [0.2, 0.25) is 0 Å². The van der Waals surface area contributed by atoms with E-state index in [2.05, 4.69) is 0 Å². The third kappa shape index (κ3) is 3.34. The van der Waals surface area contributed by atoms with Crippen LogP contribution >= 0.6 is 0 Å². The van der Waals surface area contributed by atoms with Crippen molar-refractivity contribution < 1.29 is 20.5 Å². The topological polar surface area (TPSA) is 115 Å². The molecule has 2 aromatic carbocycles. The van der Waals surface area contributed by atoms with Crippen molar-refractivity contribution in [2.24, 2.45) is 0 Å². The molecule has 106 valence electrons. The lowest BCUT2D eigenvalue weighted by Crippen LogP contribution is -2.09. The number of benzene rings is 2. The number of carbonyl (C=O) groups is 1. The number of nitrogens with two attached hydrogens (primary N) is 1. The Morgan fingerprint density at radius 1 is 1.10 bits per heavy atom. The van der Waals surface area contributed by atoms with Crippen molar-refractivity contribution in [1.29, 1.82) is 0 Å². The molecule has 0 saturated carbocycles. The summed E-state index contributed by atoms with van der Waals surface area (Å²) >= 11 is 0. The van der Waals surface area contributed by atoms with Crippen molar-refractivity contribution in [3.8, 4) is 0 Å². The van der Waals surface area contributed by atoms with E-state index < -0.39 is 12.1 Å². The third-order valence-corrected chi connectivity index (χ3v) is 2.98. The van der Waals surface area contributed by atoms with Crippen molar-refractivity contribution in [3.63, 3.8) is 0 Å². The average molecular weight is 275 g/mol. The Morgan fingerprint density at radius 2 is 1.75 bits per heavy atom. The number of aliphatic carboxylic acids is 1. The molecule has 0 saturated heterocycles. The zero-order chi connectivity index (χ0) is 13.8. The number of aliphatic hydroxyl groups is 1. The predicted molar refractivity (Wildman–Crippen MR) is 76.3 cm³/mol. The molecule has 0 amide bonds. The van der Waals surface area contributed by atoms with Gasteiger partial charge in [-0.2, -0.15) is 0 Å². The highest BCUT2D eigenvalue weighted by Crippen LogP contribution is 2.29. The Bertz CT molecular complexity index is 584. The summed E-state index contributed by atoms with van der Waals surface area (Å²) in [4.78, 5) is 10.8. The first-order valence-electron chi connectivity index (χ1n) is 5.91. The second-order valence-electron chi connectivity index (χ2n) is 4.30. The van der Waals surface area contributed by atoms with E-state index in [1.54, 1.807) is 30.3 Å². The van der Waals surface area contributed by atoms with Crippen molar-refractivity contribution in [3.05, 3.63) is 65.2 Å². The van der Waals surface area contributed by atoms with E-state index in [1.807, 2.05) is 18.2 Å². The highest BCUT2D eigenvalue weighted by molar-refractivity contribution is 5.74. The van der Waals surface area contributed by atoms with Crippen LogP contribution in [0.5, 0.6) is 0 Å². The van der Waals surface area contributed by atoms with Crippen LogP contribution in [0.1, 0.15) is 22.8 Å². The molecule has 1 atom stereocenters. The fraction of sp³-hybridized carbons (Fsp3) is 0.133. The Hall–Kier alpha value is -2.37. The number of carboxylic acid groups (broad SMARTS) is 1. The summed E-state index contributed by atoms with van der Waals surface area (Å²) in [6, 6.07) is 14.2. The predicted octanol–water partition coefficient (Wildman–Crippen LogP) is 1.15. The minimum absolute atomic E-state index is 0. The highest BCUT2D eigenvalue weighted by atomic mass is 16.4. The first-order valence-corrected chi connectivity index (χ1v) is 5.91. The SMILES string of the molecule is Nc1c(CC(=O)O)cccc1C(O)c1ccccc1.O. The number of rotatable bonds is 4. The smallest absolute Gasteiger partial charge is 0.307 e. The van der Waals surface area contributed by atoms with Gasteiger partial charge in [-0.25, -0.2) is 0 Å². The normalized spacial score (nSPS) is 11.4. The Kier molecular flexibility index (Phi) is 5.25. The maximum atomic E-state index is 10.8. The molecule has 5 nitrogen and oxygen atoms in total. The molecule has 0 heterocycles. The van der Waals surface area contributed by atoms with Gasteiger partial charge in [0, 0.05) is 11.3 Å². The third-order valence-electron chi connectivity index (χ3n) is 2.98. The van der Waals surface area contributed by atoms with Gasteiger partial charge in [-0.05, 0) is 11.1 Å². The monoisotopic (exact) mass is 275 g/mol. The van der Waals surface area contributed by atoms with Gasteiger partial charge in [0.05, 0.1) is 6.42 Å². The number of hydrogen-bond donors (Lipinski definition) is 3. The molecule has 6 N–H and O–H groups in total. The molecular weight excluding hydrogens is 258 g/mol. The molecule has 5 heteroatoms. The quantitative estimate of drug-likeness (QED) is 0.726. The average Bonchev–Trinajstić information content (AvgIpc) is 2.41. The van der Waals surface area contributed by atoms with Gasteiger partial charge >= 0.3 is 5.97 Å². The lowest BCUT2D eigenvalue weighted by atomic mass is 9.96. The van der Waals surface area contributed by atoms with E-state index in [1.165, 1.54) is 0 Å². The first-order chi connectivity index (χ1) is 9.09. The number of hydrogen-bond acceptors (Lipinski definition) is 3. The molecule has 2 aromatic rings. The summed E-state index contributed by atoms with van der Waals surface area (Å²) in [5, 5.41) is 19.1. The summed E-state index contributed by atoms with van der Waals surface area (Å²) < 4.78 is 0. The maximum absolute atomic E-state index is 10.8. The second kappa shape index (κ2) is 6.70. The first kappa shape index (κ1) is 15.7. The molecule has 0 aliphatic heterocycles. The van der Waals surface area contributed by atoms with E-state index in [-0.39, 0.29) is 11.9 Å². The van der Waals surface area contributed by atoms with Gasteiger partial charge in [0.15, 0.2) is 0 Å². The molecule has 0 aromatic heterocycles. The fourth-order valence-electron chi connectivity index (χ4n) is 2.00. The molecule has 1 unspecified atom stereocenters. The van der Waals surface area contributed by atoms with Crippen LogP contribution in [-0.4, -0.2) is 21.7 Å². The Morgan fingerprint density at radius 3 is 2.35 bits per heavy atom. The number of carboxylic acids is 1. The molecule has 0 aliphatic rings. The summed E-state index contributed by atoms with van der Waals surface area (Å²) in [5.74, 6) is -0.946. The molecular formula is C15H17NO4. The van der Waals surface area contributed by atoms with Crippen LogP contribution < -0.4 is 5.73 Å². The van der Waals surface area contributed by atoms with Gasteiger partial charge in [-0.15, -0.1) is 0 Å². The lowest BCUT2D eigenvalue weighted by molar-refractivity contribution is -0.136. The van der Waals surface area contributed by atoms with Crippen molar-refractivity contribution >= 4 is 11.7 Å². The summed E-state index contributed by atoms with van der Waals surface area (Å²) in [5.41, 5.74) is 8.05. The van der Waals surface area contributed by atoms with Crippen LogP contribution in [0.3, 0.4) is 0 Å². The zero-order valence-electron chi connectivity index (χ0n) is 10.8. The van der Waals surface area contributed by atoms with Gasteiger partial charge in [0.2, 0.25) is 0 Å². The Labute approximate surface area is 116 Å². The van der Waals surface area contributed by atoms with Crippen LogP contribution in [0, 0.1) is 0 Å². The molecule has 0 radical (unpaired) electrons. The van der Waals surface area contributed by atoms with E-state index >= 15 is 0 Å². The van der Waals surface area contributed by atoms with Gasteiger partial charge in [0.1, 0.15) is 6.10 Å². The van der Waals surface area contributed by atoms with Crippen LogP contribution in [-0.2, 0) is 11.2 Å². The number of para-hydroxylation sites is 1. The lowest BCUT2D eigenvalue weighted by Gasteiger charge is -2.16. The largest absolute Gasteiger partial charge is 0.481 e. The number of aliphatic hydroxyl groups excluding tert-OH is 1. The molecule has 2 rings (SSSR count). The van der Waals surface area contributed by atoms with Crippen LogP contribution in [0.4, 0.5) is 5.69 Å².